The van der Waals surface area contributed by atoms with E-state index in [9.17, 15) is 0 Å². The van der Waals surface area contributed by atoms with Crippen molar-refractivity contribution in [2.24, 2.45) is 5.92 Å². The lowest BCUT2D eigenvalue weighted by molar-refractivity contribution is 0.185. The molecule has 0 spiro atoms. The van der Waals surface area contributed by atoms with Crippen LogP contribution in [0.25, 0.3) is 0 Å². The van der Waals surface area contributed by atoms with Gasteiger partial charge >= 0.3 is 0 Å². The fraction of sp³-hybridized carbons (Fsp3) is 0.500. The SMILES string of the molecule is COCc1ccc(CNCC2CC=CCC2)cc1. The summed E-state index contributed by atoms with van der Waals surface area (Å²) in [4.78, 5) is 0. The maximum Gasteiger partial charge on any atom is 0.0713 e. The first kappa shape index (κ1) is 13.3. The third kappa shape index (κ3) is 4.28. The number of ether oxygens (including phenoxy) is 1. The van der Waals surface area contributed by atoms with Crippen molar-refractivity contribution < 1.29 is 4.74 Å². The third-order valence-corrected chi connectivity index (χ3v) is 3.47. The highest BCUT2D eigenvalue weighted by molar-refractivity contribution is 5.21. The minimum Gasteiger partial charge on any atom is -0.380 e. The molecule has 0 bridgehead atoms. The fourth-order valence-corrected chi connectivity index (χ4v) is 2.38. The minimum atomic E-state index is 0.697. The predicted molar refractivity (Wildman–Crippen MR) is 75.3 cm³/mol. The Morgan fingerprint density at radius 3 is 2.61 bits per heavy atom. The Morgan fingerprint density at radius 2 is 1.94 bits per heavy atom. The molecule has 1 atom stereocenters. The number of methoxy groups -OCH3 is 1. The molecule has 1 aliphatic carbocycles. The van der Waals surface area contributed by atoms with Crippen molar-refractivity contribution in [1.82, 2.24) is 5.32 Å². The van der Waals surface area contributed by atoms with Crippen molar-refractivity contribution in [2.45, 2.75) is 32.4 Å². The molecule has 98 valence electrons. The Balaban J connectivity index is 1.71. The van der Waals surface area contributed by atoms with Crippen LogP contribution in [-0.4, -0.2) is 13.7 Å². The molecule has 1 unspecified atom stereocenters. The van der Waals surface area contributed by atoms with Gasteiger partial charge in [-0.2, -0.15) is 0 Å². The number of allylic oxidation sites excluding steroid dienone is 2. The summed E-state index contributed by atoms with van der Waals surface area (Å²) in [6.45, 7) is 2.79. The lowest BCUT2D eigenvalue weighted by Crippen LogP contribution is -2.23. The molecule has 2 nitrogen and oxygen atoms in total. The Morgan fingerprint density at radius 1 is 1.17 bits per heavy atom. The average Bonchev–Trinajstić information content (AvgIpc) is 2.42. The van der Waals surface area contributed by atoms with E-state index in [1.54, 1.807) is 7.11 Å². The predicted octanol–water partition coefficient (Wildman–Crippen LogP) is 3.28. The molecule has 0 saturated carbocycles. The molecule has 18 heavy (non-hydrogen) atoms. The molecule has 0 aliphatic heterocycles. The van der Waals surface area contributed by atoms with Gasteiger partial charge in [0, 0.05) is 13.7 Å². The van der Waals surface area contributed by atoms with Crippen LogP contribution in [0, 0.1) is 5.92 Å². The molecule has 2 rings (SSSR count). The van der Waals surface area contributed by atoms with Crippen LogP contribution >= 0.6 is 0 Å². The van der Waals surface area contributed by atoms with Gasteiger partial charge in [0.05, 0.1) is 6.61 Å². The molecule has 0 saturated heterocycles. The maximum atomic E-state index is 5.11. The Hall–Kier alpha value is -1.12. The van der Waals surface area contributed by atoms with E-state index in [0.29, 0.717) is 6.61 Å². The zero-order valence-corrected chi connectivity index (χ0v) is 11.2. The lowest BCUT2D eigenvalue weighted by atomic mass is 9.94. The zero-order valence-electron chi connectivity index (χ0n) is 11.2. The Kier molecular flexibility index (Phi) is 5.43. The summed E-state index contributed by atoms with van der Waals surface area (Å²) >= 11 is 0. The van der Waals surface area contributed by atoms with Crippen LogP contribution in [0.1, 0.15) is 30.4 Å². The Bertz CT molecular complexity index is 369. The van der Waals surface area contributed by atoms with E-state index >= 15 is 0 Å². The molecular formula is C16H23NO. The van der Waals surface area contributed by atoms with E-state index in [-0.39, 0.29) is 0 Å². The summed E-state index contributed by atoms with van der Waals surface area (Å²) in [6, 6.07) is 8.65. The van der Waals surface area contributed by atoms with E-state index in [0.717, 1.165) is 19.0 Å². The molecule has 0 heterocycles. The first-order valence-electron chi connectivity index (χ1n) is 6.81. The van der Waals surface area contributed by atoms with E-state index in [1.165, 1.54) is 30.4 Å². The van der Waals surface area contributed by atoms with Crippen molar-refractivity contribution in [3.8, 4) is 0 Å². The minimum absolute atomic E-state index is 0.697. The standard InChI is InChI=1S/C16H23NO/c1-18-13-16-9-7-15(8-10-16)12-17-11-14-5-3-2-4-6-14/h2-3,7-10,14,17H,4-6,11-13H2,1H3. The van der Waals surface area contributed by atoms with Gasteiger partial charge in [-0.3, -0.25) is 0 Å². The first-order valence-corrected chi connectivity index (χ1v) is 6.81. The van der Waals surface area contributed by atoms with Gasteiger partial charge in [0.1, 0.15) is 0 Å². The second-order valence-electron chi connectivity index (χ2n) is 5.03. The number of hydrogen-bond acceptors (Lipinski definition) is 2. The summed E-state index contributed by atoms with van der Waals surface area (Å²) in [6.07, 6.45) is 8.43. The molecular weight excluding hydrogens is 222 g/mol. The largest absolute Gasteiger partial charge is 0.380 e. The molecule has 2 heteroatoms. The maximum absolute atomic E-state index is 5.11. The highest BCUT2D eigenvalue weighted by Crippen LogP contribution is 2.17. The third-order valence-electron chi connectivity index (χ3n) is 3.47. The van der Waals surface area contributed by atoms with Gasteiger partial charge in [-0.05, 0) is 42.9 Å². The molecule has 0 aromatic heterocycles. The van der Waals surface area contributed by atoms with Crippen molar-refractivity contribution in [2.75, 3.05) is 13.7 Å². The molecule has 1 N–H and O–H groups in total. The molecule has 1 aromatic carbocycles. The summed E-state index contributed by atoms with van der Waals surface area (Å²) < 4.78 is 5.11. The number of nitrogens with one attached hydrogen (secondary N) is 1. The topological polar surface area (TPSA) is 21.3 Å². The van der Waals surface area contributed by atoms with Crippen LogP contribution in [0.15, 0.2) is 36.4 Å². The van der Waals surface area contributed by atoms with Crippen LogP contribution < -0.4 is 5.32 Å². The van der Waals surface area contributed by atoms with Gasteiger partial charge in [0.15, 0.2) is 0 Å². The molecule has 0 amide bonds. The second kappa shape index (κ2) is 7.34. The van der Waals surface area contributed by atoms with Gasteiger partial charge in [0.25, 0.3) is 0 Å². The highest BCUT2D eigenvalue weighted by Gasteiger charge is 2.08. The van der Waals surface area contributed by atoms with Crippen LogP contribution in [0.4, 0.5) is 0 Å². The molecule has 1 aliphatic rings. The summed E-state index contributed by atoms with van der Waals surface area (Å²) in [5, 5.41) is 3.56. The van der Waals surface area contributed by atoms with E-state index < -0.39 is 0 Å². The number of rotatable bonds is 6. The molecule has 0 fully saturated rings. The van der Waals surface area contributed by atoms with Crippen LogP contribution in [0.3, 0.4) is 0 Å². The van der Waals surface area contributed by atoms with Gasteiger partial charge < -0.3 is 10.1 Å². The molecule has 1 aromatic rings. The summed E-state index contributed by atoms with van der Waals surface area (Å²) in [5.41, 5.74) is 2.58. The first-order chi connectivity index (χ1) is 8.88. The van der Waals surface area contributed by atoms with Crippen molar-refractivity contribution in [3.63, 3.8) is 0 Å². The number of benzene rings is 1. The smallest absolute Gasteiger partial charge is 0.0713 e. The van der Waals surface area contributed by atoms with Crippen LogP contribution in [0.5, 0.6) is 0 Å². The number of hydrogen-bond donors (Lipinski definition) is 1. The monoisotopic (exact) mass is 245 g/mol. The van der Waals surface area contributed by atoms with Gasteiger partial charge in [0.2, 0.25) is 0 Å². The lowest BCUT2D eigenvalue weighted by Gasteiger charge is -2.18. The van der Waals surface area contributed by atoms with Gasteiger partial charge in [-0.1, -0.05) is 36.4 Å². The van der Waals surface area contributed by atoms with Crippen molar-refractivity contribution in [3.05, 3.63) is 47.5 Å². The van der Waals surface area contributed by atoms with Crippen LogP contribution in [-0.2, 0) is 17.9 Å². The Labute approximate surface area is 110 Å². The highest BCUT2D eigenvalue weighted by atomic mass is 16.5. The fourth-order valence-electron chi connectivity index (χ4n) is 2.38. The van der Waals surface area contributed by atoms with Crippen LogP contribution in [0.2, 0.25) is 0 Å². The van der Waals surface area contributed by atoms with Crippen molar-refractivity contribution in [1.29, 1.82) is 0 Å². The zero-order chi connectivity index (χ0) is 12.6. The quantitative estimate of drug-likeness (QED) is 0.777. The normalized spacial score (nSPS) is 19.1. The second-order valence-corrected chi connectivity index (χ2v) is 5.03. The van der Waals surface area contributed by atoms with E-state index in [4.69, 9.17) is 4.74 Å². The average molecular weight is 245 g/mol. The molecule has 0 radical (unpaired) electrons. The summed E-state index contributed by atoms with van der Waals surface area (Å²) in [5.74, 6) is 0.822. The van der Waals surface area contributed by atoms with Gasteiger partial charge in [-0.25, -0.2) is 0 Å². The van der Waals surface area contributed by atoms with Gasteiger partial charge in [-0.15, -0.1) is 0 Å². The van der Waals surface area contributed by atoms with E-state index in [1.807, 2.05) is 0 Å². The van der Waals surface area contributed by atoms with E-state index in [2.05, 4.69) is 41.7 Å². The van der Waals surface area contributed by atoms with Crippen molar-refractivity contribution >= 4 is 0 Å². The summed E-state index contributed by atoms with van der Waals surface area (Å²) in [7, 11) is 1.73.